The number of H-pyrrole nitrogens is 1. The molecule has 2 aromatic rings. The van der Waals surface area contributed by atoms with E-state index in [2.05, 4.69) is 20.6 Å². The van der Waals surface area contributed by atoms with Gasteiger partial charge < -0.3 is 21.4 Å². The van der Waals surface area contributed by atoms with Crippen LogP contribution in [0.25, 0.3) is 11.0 Å². The number of aromatic nitrogens is 2. The summed E-state index contributed by atoms with van der Waals surface area (Å²) >= 11 is 0. The van der Waals surface area contributed by atoms with Gasteiger partial charge in [-0.2, -0.15) is 0 Å². The lowest BCUT2D eigenvalue weighted by atomic mass is 10.3. The number of nitrogens with one attached hydrogen (secondary N) is 3. The topological polar surface area (TPSA) is 95.8 Å². The van der Waals surface area contributed by atoms with Crippen LogP contribution in [0.3, 0.4) is 0 Å². The molecule has 0 saturated heterocycles. The number of hydrogen-bond donors (Lipinski definition) is 4. The number of rotatable bonds is 4. The van der Waals surface area contributed by atoms with Crippen molar-refractivity contribution < 1.29 is 4.79 Å². The summed E-state index contributed by atoms with van der Waals surface area (Å²) in [7, 11) is 0. The number of hydrogen-bond acceptors (Lipinski definition) is 4. The second-order valence-electron chi connectivity index (χ2n) is 4.56. The maximum atomic E-state index is 11.5. The average molecular weight is 245 g/mol. The Balaban J connectivity index is 1.64. The lowest BCUT2D eigenvalue weighted by molar-refractivity contribution is -0.119. The number of nitrogens with zero attached hydrogens (tertiary/aromatic N) is 1. The molecule has 94 valence electrons. The molecule has 1 heterocycles. The molecule has 1 aromatic carbocycles. The van der Waals surface area contributed by atoms with Crippen molar-refractivity contribution in [2.75, 3.05) is 17.6 Å². The Morgan fingerprint density at radius 1 is 1.50 bits per heavy atom. The molecule has 6 nitrogen and oxygen atoms in total. The van der Waals surface area contributed by atoms with Gasteiger partial charge in [-0.25, -0.2) is 4.98 Å². The van der Waals surface area contributed by atoms with Crippen LogP contribution in [-0.2, 0) is 4.79 Å². The molecule has 0 atom stereocenters. The van der Waals surface area contributed by atoms with Crippen LogP contribution < -0.4 is 16.4 Å². The summed E-state index contributed by atoms with van der Waals surface area (Å²) in [5.74, 6) is 0.582. The summed E-state index contributed by atoms with van der Waals surface area (Å²) in [6, 6.07) is 5.84. The molecule has 1 amide bonds. The molecule has 3 rings (SSSR count). The molecule has 0 spiro atoms. The zero-order valence-corrected chi connectivity index (χ0v) is 9.86. The summed E-state index contributed by atoms with van der Waals surface area (Å²) < 4.78 is 0. The van der Waals surface area contributed by atoms with E-state index in [0.717, 1.165) is 23.9 Å². The second kappa shape index (κ2) is 4.21. The van der Waals surface area contributed by atoms with Crippen molar-refractivity contribution in [1.29, 1.82) is 0 Å². The standard InChI is InChI=1S/C12H15N5O/c13-7-1-4-9-10(5-7)17-12(16-9)14-6-11(18)15-8-2-3-8/h1,4-5,8H,2-3,6,13H2,(H,15,18)(H2,14,16,17). The van der Waals surface area contributed by atoms with Gasteiger partial charge in [0.1, 0.15) is 0 Å². The number of carbonyl (C=O) groups excluding carboxylic acids is 1. The Kier molecular flexibility index (Phi) is 2.55. The highest BCUT2D eigenvalue weighted by atomic mass is 16.2. The number of amides is 1. The second-order valence-corrected chi connectivity index (χ2v) is 4.56. The third-order valence-electron chi connectivity index (χ3n) is 2.86. The van der Waals surface area contributed by atoms with Crippen molar-refractivity contribution in [1.82, 2.24) is 15.3 Å². The van der Waals surface area contributed by atoms with Gasteiger partial charge in [-0.15, -0.1) is 0 Å². The van der Waals surface area contributed by atoms with E-state index in [0.29, 0.717) is 17.7 Å². The zero-order chi connectivity index (χ0) is 12.5. The summed E-state index contributed by atoms with van der Waals surface area (Å²) in [5.41, 5.74) is 8.06. The minimum atomic E-state index is -0.00234. The fourth-order valence-electron chi connectivity index (χ4n) is 1.78. The molecule has 1 aromatic heterocycles. The molecular formula is C12H15N5O. The van der Waals surface area contributed by atoms with Crippen LogP contribution in [-0.4, -0.2) is 28.5 Å². The van der Waals surface area contributed by atoms with Gasteiger partial charge in [0.25, 0.3) is 0 Å². The number of anilines is 2. The van der Waals surface area contributed by atoms with E-state index in [1.807, 2.05) is 12.1 Å². The van der Waals surface area contributed by atoms with Gasteiger partial charge >= 0.3 is 0 Å². The van der Waals surface area contributed by atoms with Crippen LogP contribution >= 0.6 is 0 Å². The highest BCUT2D eigenvalue weighted by molar-refractivity contribution is 5.83. The van der Waals surface area contributed by atoms with Crippen LogP contribution in [0.4, 0.5) is 11.6 Å². The monoisotopic (exact) mass is 245 g/mol. The van der Waals surface area contributed by atoms with Crippen molar-refractivity contribution in [3.8, 4) is 0 Å². The quantitative estimate of drug-likeness (QED) is 0.600. The highest BCUT2D eigenvalue weighted by Gasteiger charge is 2.22. The van der Waals surface area contributed by atoms with Crippen molar-refractivity contribution in [3.05, 3.63) is 18.2 Å². The molecule has 1 fully saturated rings. The zero-order valence-electron chi connectivity index (χ0n) is 9.86. The van der Waals surface area contributed by atoms with E-state index in [-0.39, 0.29) is 12.5 Å². The van der Waals surface area contributed by atoms with E-state index in [4.69, 9.17) is 5.73 Å². The summed E-state index contributed by atoms with van der Waals surface area (Å²) in [4.78, 5) is 18.9. The summed E-state index contributed by atoms with van der Waals surface area (Å²) in [5, 5.41) is 5.87. The van der Waals surface area contributed by atoms with Crippen molar-refractivity contribution in [2.24, 2.45) is 0 Å². The summed E-state index contributed by atoms with van der Waals surface area (Å²) in [6.45, 7) is 0.228. The molecule has 18 heavy (non-hydrogen) atoms. The van der Waals surface area contributed by atoms with Gasteiger partial charge in [0, 0.05) is 11.7 Å². The third-order valence-corrected chi connectivity index (χ3v) is 2.86. The lowest BCUT2D eigenvalue weighted by Crippen LogP contribution is -2.31. The number of imidazole rings is 1. The van der Waals surface area contributed by atoms with Gasteiger partial charge in [0.15, 0.2) is 0 Å². The van der Waals surface area contributed by atoms with E-state index in [9.17, 15) is 4.79 Å². The first-order chi connectivity index (χ1) is 8.70. The Morgan fingerprint density at radius 3 is 3.11 bits per heavy atom. The number of nitrogen functional groups attached to an aromatic ring is 1. The van der Waals surface area contributed by atoms with Gasteiger partial charge in [0.05, 0.1) is 17.6 Å². The first-order valence-corrected chi connectivity index (χ1v) is 5.99. The van der Waals surface area contributed by atoms with E-state index < -0.39 is 0 Å². The Labute approximate surface area is 104 Å². The normalized spacial score (nSPS) is 14.7. The Bertz CT molecular complexity index is 587. The number of carbonyl (C=O) groups is 1. The summed E-state index contributed by atoms with van der Waals surface area (Å²) in [6.07, 6.45) is 2.19. The fraction of sp³-hybridized carbons (Fsp3) is 0.333. The molecule has 1 aliphatic rings. The van der Waals surface area contributed by atoms with Crippen molar-refractivity contribution in [2.45, 2.75) is 18.9 Å². The SMILES string of the molecule is Nc1ccc2nc(NCC(=O)NC3CC3)[nH]c2c1. The number of fused-ring (bicyclic) bond motifs is 1. The highest BCUT2D eigenvalue weighted by Crippen LogP contribution is 2.19. The van der Waals surface area contributed by atoms with E-state index in [1.54, 1.807) is 6.07 Å². The molecule has 5 N–H and O–H groups in total. The van der Waals surface area contributed by atoms with Crippen LogP contribution in [0.15, 0.2) is 18.2 Å². The minimum absolute atomic E-state index is 0.00234. The van der Waals surface area contributed by atoms with Crippen molar-refractivity contribution in [3.63, 3.8) is 0 Å². The van der Waals surface area contributed by atoms with Crippen LogP contribution in [0.5, 0.6) is 0 Å². The first-order valence-electron chi connectivity index (χ1n) is 5.99. The minimum Gasteiger partial charge on any atom is -0.399 e. The van der Waals surface area contributed by atoms with Gasteiger partial charge in [-0.1, -0.05) is 0 Å². The average Bonchev–Trinajstić information content (AvgIpc) is 3.04. The Morgan fingerprint density at radius 2 is 2.33 bits per heavy atom. The predicted molar refractivity (Wildman–Crippen MR) is 70.2 cm³/mol. The maximum absolute atomic E-state index is 11.5. The molecule has 0 aliphatic heterocycles. The van der Waals surface area contributed by atoms with Gasteiger partial charge in [0.2, 0.25) is 11.9 Å². The first kappa shape index (κ1) is 10.9. The molecule has 1 saturated carbocycles. The largest absolute Gasteiger partial charge is 0.399 e. The molecule has 1 aliphatic carbocycles. The molecular weight excluding hydrogens is 230 g/mol. The van der Waals surface area contributed by atoms with Crippen LogP contribution in [0.1, 0.15) is 12.8 Å². The molecule has 0 radical (unpaired) electrons. The van der Waals surface area contributed by atoms with E-state index >= 15 is 0 Å². The number of nitrogens with two attached hydrogens (primary N) is 1. The van der Waals surface area contributed by atoms with E-state index in [1.165, 1.54) is 0 Å². The van der Waals surface area contributed by atoms with Gasteiger partial charge in [-0.3, -0.25) is 4.79 Å². The van der Waals surface area contributed by atoms with Crippen LogP contribution in [0, 0.1) is 0 Å². The molecule has 0 unspecified atom stereocenters. The number of benzene rings is 1. The maximum Gasteiger partial charge on any atom is 0.239 e. The van der Waals surface area contributed by atoms with Crippen molar-refractivity contribution >= 4 is 28.6 Å². The predicted octanol–water partition coefficient (Wildman–Crippen LogP) is 0.836. The Hall–Kier alpha value is -2.24. The molecule has 6 heteroatoms. The lowest BCUT2D eigenvalue weighted by Gasteiger charge is -2.03. The smallest absolute Gasteiger partial charge is 0.239 e. The van der Waals surface area contributed by atoms with Gasteiger partial charge in [-0.05, 0) is 31.0 Å². The fourth-order valence-corrected chi connectivity index (χ4v) is 1.78. The third kappa shape index (κ3) is 2.37. The van der Waals surface area contributed by atoms with Crippen LogP contribution in [0.2, 0.25) is 0 Å². The molecule has 0 bridgehead atoms. The number of aromatic amines is 1.